The van der Waals surface area contributed by atoms with Gasteiger partial charge in [0.1, 0.15) is 29.7 Å². The molecule has 0 unspecified atom stereocenters. The average Bonchev–Trinajstić information content (AvgIpc) is 3.05. The molecule has 0 radical (unpaired) electrons. The first-order chi connectivity index (χ1) is 23.4. The van der Waals surface area contributed by atoms with E-state index < -0.39 is 108 Å². The second-order valence-electron chi connectivity index (χ2n) is 16.5. The molecular formula is C37H67NO13. The number of rotatable bonds is 7. The molecule has 14 heteroatoms. The van der Waals surface area contributed by atoms with Crippen molar-refractivity contribution in [3.63, 3.8) is 0 Å². The average molecular weight is 734 g/mol. The number of carbonyl (C=O) groups is 2. The zero-order chi connectivity index (χ0) is 39.0. The summed E-state index contributed by atoms with van der Waals surface area (Å²) in [6, 6.07) is -0.324. The smallest absolute Gasteiger partial charge is 0.311 e. The number of ketones is 1. The standard InChI is InChI=1S/C37H67NO13/c1-14-25-37(10,45)30(41)20(4)27(39)18(2)16-35(8,44)32(51-34-28(40)24(38(11)12)15-19(3)47-34)21(5)29(22(6)33(43)49-25)50-26-17-36(9,46-13)31(42)23(7)48-26/h18-26,28-32,34,40-42,44-45H,14-17H2,1-13H3/t18-,19+,20-,21-,22+,23-,24-,25-,26+,28-,29+,30+,31+,32-,34-,35+,36-,37-/m0/s1. The summed E-state index contributed by atoms with van der Waals surface area (Å²) in [5.74, 6) is -4.98. The lowest BCUT2D eigenvalue weighted by atomic mass is 9.74. The number of likely N-dealkylation sites (N-methyl/N-ethyl adjacent to an activating group) is 1. The van der Waals surface area contributed by atoms with Crippen molar-refractivity contribution >= 4 is 11.8 Å². The van der Waals surface area contributed by atoms with E-state index in [1.807, 2.05) is 25.9 Å². The van der Waals surface area contributed by atoms with E-state index in [0.29, 0.717) is 6.42 Å². The molecule has 5 N–H and O–H groups in total. The van der Waals surface area contributed by atoms with Gasteiger partial charge in [0.25, 0.3) is 0 Å². The molecule has 0 aromatic carbocycles. The Labute approximate surface area is 304 Å². The van der Waals surface area contributed by atoms with Crippen LogP contribution >= 0.6 is 0 Å². The summed E-state index contributed by atoms with van der Waals surface area (Å²) in [5.41, 5.74) is -4.84. The third kappa shape index (κ3) is 9.51. The number of hydrogen-bond donors (Lipinski definition) is 5. The number of Topliss-reactive ketones (excluding diaryl/α,β-unsaturated/α-hetero) is 1. The summed E-state index contributed by atoms with van der Waals surface area (Å²) in [6.45, 7) is 16.3. The number of carbonyl (C=O) groups excluding carboxylic acids is 2. The largest absolute Gasteiger partial charge is 0.459 e. The molecule has 18 atom stereocenters. The van der Waals surface area contributed by atoms with Gasteiger partial charge in [-0.15, -0.1) is 0 Å². The predicted molar refractivity (Wildman–Crippen MR) is 186 cm³/mol. The Morgan fingerprint density at radius 3 is 2.04 bits per heavy atom. The van der Waals surface area contributed by atoms with E-state index in [9.17, 15) is 35.1 Å². The van der Waals surface area contributed by atoms with Crippen molar-refractivity contribution in [2.75, 3.05) is 21.2 Å². The summed E-state index contributed by atoms with van der Waals surface area (Å²) in [5, 5.41) is 57.6. The van der Waals surface area contributed by atoms with E-state index in [4.69, 9.17) is 28.4 Å². The van der Waals surface area contributed by atoms with E-state index >= 15 is 0 Å². The molecule has 0 amide bonds. The van der Waals surface area contributed by atoms with Crippen molar-refractivity contribution in [1.29, 1.82) is 0 Å². The van der Waals surface area contributed by atoms with Gasteiger partial charge in [-0.2, -0.15) is 0 Å². The molecule has 3 aliphatic heterocycles. The van der Waals surface area contributed by atoms with E-state index in [1.54, 1.807) is 41.5 Å². The normalized spacial score (nSPS) is 49.7. The van der Waals surface area contributed by atoms with Gasteiger partial charge in [0, 0.05) is 37.3 Å². The van der Waals surface area contributed by atoms with Gasteiger partial charge in [-0.05, 0) is 74.9 Å². The Morgan fingerprint density at radius 1 is 0.882 bits per heavy atom. The monoisotopic (exact) mass is 733 g/mol. The van der Waals surface area contributed by atoms with Crippen LogP contribution in [0.1, 0.15) is 94.9 Å². The number of ether oxygens (including phenoxy) is 6. The Morgan fingerprint density at radius 2 is 1.49 bits per heavy atom. The number of aliphatic hydroxyl groups excluding tert-OH is 3. The van der Waals surface area contributed by atoms with Crippen LogP contribution in [0, 0.1) is 23.7 Å². The van der Waals surface area contributed by atoms with Crippen molar-refractivity contribution in [1.82, 2.24) is 4.90 Å². The van der Waals surface area contributed by atoms with Crippen molar-refractivity contribution in [2.45, 2.75) is 179 Å². The van der Waals surface area contributed by atoms with Gasteiger partial charge in [-0.25, -0.2) is 0 Å². The highest BCUT2D eigenvalue weighted by Gasteiger charge is 2.53. The molecule has 0 saturated carbocycles. The van der Waals surface area contributed by atoms with E-state index in [-0.39, 0.29) is 31.4 Å². The second-order valence-corrected chi connectivity index (χ2v) is 16.5. The first-order valence-electron chi connectivity index (χ1n) is 18.5. The van der Waals surface area contributed by atoms with Crippen LogP contribution in [0.5, 0.6) is 0 Å². The lowest BCUT2D eigenvalue weighted by molar-refractivity contribution is -0.318. The van der Waals surface area contributed by atoms with Gasteiger partial charge in [-0.3, -0.25) is 9.59 Å². The molecule has 0 bridgehead atoms. The first kappa shape index (κ1) is 44.1. The Bertz CT molecular complexity index is 1170. The second kappa shape index (κ2) is 17.0. The Hall–Kier alpha value is -1.30. The lowest BCUT2D eigenvalue weighted by Crippen LogP contribution is -2.61. The molecule has 3 aliphatic rings. The fourth-order valence-corrected chi connectivity index (χ4v) is 8.41. The third-order valence-electron chi connectivity index (χ3n) is 11.8. The maximum atomic E-state index is 14.1. The van der Waals surface area contributed by atoms with Crippen LogP contribution in [0.15, 0.2) is 0 Å². The van der Waals surface area contributed by atoms with Crippen LogP contribution in [-0.4, -0.2) is 148 Å². The fourth-order valence-electron chi connectivity index (χ4n) is 8.41. The van der Waals surface area contributed by atoms with Crippen LogP contribution in [0.25, 0.3) is 0 Å². The minimum atomic E-state index is -1.99. The van der Waals surface area contributed by atoms with Crippen molar-refractivity contribution in [2.24, 2.45) is 23.7 Å². The zero-order valence-corrected chi connectivity index (χ0v) is 32.9. The number of hydrogen-bond acceptors (Lipinski definition) is 14. The van der Waals surface area contributed by atoms with Gasteiger partial charge >= 0.3 is 5.97 Å². The predicted octanol–water partition coefficient (Wildman–Crippen LogP) is 1.79. The van der Waals surface area contributed by atoms with Gasteiger partial charge in [0.15, 0.2) is 12.6 Å². The molecule has 14 nitrogen and oxygen atoms in total. The number of esters is 1. The van der Waals surface area contributed by atoms with E-state index in [1.165, 1.54) is 27.9 Å². The van der Waals surface area contributed by atoms with E-state index in [0.717, 1.165) is 0 Å². The highest BCUT2D eigenvalue weighted by Crippen LogP contribution is 2.40. The van der Waals surface area contributed by atoms with Crippen molar-refractivity contribution in [3.8, 4) is 0 Å². The maximum absolute atomic E-state index is 14.1. The number of nitrogens with zero attached hydrogens (tertiary/aromatic N) is 1. The number of methoxy groups -OCH3 is 1. The van der Waals surface area contributed by atoms with Crippen molar-refractivity contribution < 1.29 is 63.5 Å². The first-order valence-corrected chi connectivity index (χ1v) is 18.5. The van der Waals surface area contributed by atoms with Crippen LogP contribution < -0.4 is 0 Å². The van der Waals surface area contributed by atoms with E-state index in [2.05, 4.69) is 0 Å². The van der Waals surface area contributed by atoms with Gasteiger partial charge in [0.05, 0.1) is 47.6 Å². The molecule has 3 heterocycles. The maximum Gasteiger partial charge on any atom is 0.311 e. The van der Waals surface area contributed by atoms with Crippen LogP contribution in [0.4, 0.5) is 0 Å². The highest BCUT2D eigenvalue weighted by molar-refractivity contribution is 5.83. The Balaban J connectivity index is 2.18. The molecule has 3 saturated heterocycles. The van der Waals surface area contributed by atoms with Crippen molar-refractivity contribution in [3.05, 3.63) is 0 Å². The molecule has 51 heavy (non-hydrogen) atoms. The summed E-state index contributed by atoms with van der Waals surface area (Å²) in [4.78, 5) is 29.8. The minimum Gasteiger partial charge on any atom is -0.459 e. The molecule has 0 aromatic rings. The number of cyclic esters (lactones) is 1. The molecule has 0 aromatic heterocycles. The summed E-state index contributed by atoms with van der Waals surface area (Å²) in [7, 11) is 5.18. The van der Waals surface area contributed by atoms with Gasteiger partial charge in [-0.1, -0.05) is 27.7 Å². The van der Waals surface area contributed by atoms with Gasteiger partial charge < -0.3 is 58.9 Å². The zero-order valence-electron chi connectivity index (χ0n) is 32.9. The van der Waals surface area contributed by atoms with Crippen LogP contribution in [0.2, 0.25) is 0 Å². The molecule has 298 valence electrons. The number of aliphatic hydroxyl groups is 5. The van der Waals surface area contributed by atoms with Crippen LogP contribution in [-0.2, 0) is 38.0 Å². The van der Waals surface area contributed by atoms with Gasteiger partial charge in [0.2, 0.25) is 0 Å². The molecule has 3 fully saturated rings. The highest BCUT2D eigenvalue weighted by atomic mass is 16.7. The SMILES string of the molecule is CC[C@@H]1OC(=O)[C@H](C)[C@H](O[C@@H]2C[C@](C)(OC)[C@H](O)[C@H](C)O2)[C@H](C)[C@H](O[C@@H]2O[C@H](C)C[C@H](N(C)C)[C@@H]2O)[C@](C)(O)C[C@H](C)C(=O)[C@H](C)[C@@H](O)[C@@]1(C)O. The summed E-state index contributed by atoms with van der Waals surface area (Å²) in [6.07, 6.45) is -9.71. The quantitative estimate of drug-likeness (QED) is 0.238. The lowest BCUT2D eigenvalue weighted by Gasteiger charge is -2.49. The Kier molecular flexibility index (Phi) is 14.7. The molecule has 0 aliphatic carbocycles. The summed E-state index contributed by atoms with van der Waals surface area (Å²) < 4.78 is 37.1. The molecule has 3 rings (SSSR count). The topological polar surface area (TPSA) is 194 Å². The summed E-state index contributed by atoms with van der Waals surface area (Å²) >= 11 is 0. The fraction of sp³-hybridized carbons (Fsp3) is 0.946. The third-order valence-corrected chi connectivity index (χ3v) is 11.8. The molecule has 0 spiro atoms. The van der Waals surface area contributed by atoms with Crippen LogP contribution in [0.3, 0.4) is 0 Å². The molecular weight excluding hydrogens is 666 g/mol. The minimum absolute atomic E-state index is 0.0936.